The Morgan fingerprint density at radius 2 is 1.80 bits per heavy atom. The molecule has 0 aromatic heterocycles. The van der Waals surface area contributed by atoms with Gasteiger partial charge in [0, 0.05) is 28.4 Å². The minimum Gasteiger partial charge on any atom is -0.387 e. The molecule has 0 saturated carbocycles. The Balaban J connectivity index is 2.56. The van der Waals surface area contributed by atoms with Crippen LogP contribution in [0.1, 0.15) is 25.5 Å². The fourth-order valence-electron chi connectivity index (χ4n) is 1.76. The van der Waals surface area contributed by atoms with Gasteiger partial charge in [0.25, 0.3) is 0 Å². The van der Waals surface area contributed by atoms with Crippen LogP contribution in [-0.2, 0) is 9.84 Å². The second-order valence-corrected chi connectivity index (χ2v) is 8.00. The molecule has 1 rings (SSSR count). The van der Waals surface area contributed by atoms with Gasteiger partial charge in [-0.2, -0.15) is 0 Å². The molecule has 0 aliphatic carbocycles. The molecule has 2 unspecified atom stereocenters. The van der Waals surface area contributed by atoms with Crippen molar-refractivity contribution in [2.45, 2.75) is 26.0 Å². The van der Waals surface area contributed by atoms with Crippen LogP contribution in [0.3, 0.4) is 0 Å². The van der Waals surface area contributed by atoms with Crippen molar-refractivity contribution in [1.29, 1.82) is 0 Å². The molecule has 0 radical (unpaired) electrons. The summed E-state index contributed by atoms with van der Waals surface area (Å²) >= 11 is 11.7. The SMILES string of the molecule is CCS(=O)(=O)CC(C)NCC(O)c1cc(Cl)cc(Cl)c1. The predicted octanol–water partition coefficient (Wildman–Crippen LogP) is 2.44. The smallest absolute Gasteiger partial charge is 0.151 e. The third-order valence-electron chi connectivity index (χ3n) is 2.87. The molecule has 1 aromatic rings. The van der Waals surface area contributed by atoms with E-state index in [0.717, 1.165) is 0 Å². The van der Waals surface area contributed by atoms with E-state index in [-0.39, 0.29) is 24.1 Å². The summed E-state index contributed by atoms with van der Waals surface area (Å²) in [5.74, 6) is 0.165. The molecule has 0 aliphatic rings. The van der Waals surface area contributed by atoms with E-state index in [1.165, 1.54) is 0 Å². The highest BCUT2D eigenvalue weighted by Crippen LogP contribution is 2.23. The largest absolute Gasteiger partial charge is 0.387 e. The van der Waals surface area contributed by atoms with Crippen LogP contribution in [0.2, 0.25) is 10.0 Å². The van der Waals surface area contributed by atoms with Gasteiger partial charge in [0.1, 0.15) is 0 Å². The molecule has 1 aromatic carbocycles. The highest BCUT2D eigenvalue weighted by atomic mass is 35.5. The molecule has 20 heavy (non-hydrogen) atoms. The van der Waals surface area contributed by atoms with Gasteiger partial charge in [0.15, 0.2) is 9.84 Å². The lowest BCUT2D eigenvalue weighted by molar-refractivity contribution is 0.172. The first-order chi connectivity index (χ1) is 9.23. The van der Waals surface area contributed by atoms with Gasteiger partial charge in [0.2, 0.25) is 0 Å². The van der Waals surface area contributed by atoms with Crippen molar-refractivity contribution >= 4 is 33.0 Å². The van der Waals surface area contributed by atoms with Crippen molar-refractivity contribution in [2.75, 3.05) is 18.1 Å². The number of hydrogen-bond acceptors (Lipinski definition) is 4. The van der Waals surface area contributed by atoms with Crippen LogP contribution in [0.4, 0.5) is 0 Å². The molecular weight excluding hydrogens is 321 g/mol. The van der Waals surface area contributed by atoms with Crippen molar-refractivity contribution in [3.8, 4) is 0 Å². The third kappa shape index (κ3) is 5.97. The number of aliphatic hydroxyl groups excluding tert-OH is 1. The maximum Gasteiger partial charge on any atom is 0.151 e. The number of rotatable bonds is 7. The molecule has 114 valence electrons. The first-order valence-corrected chi connectivity index (χ1v) is 8.89. The zero-order valence-electron chi connectivity index (χ0n) is 11.4. The minimum absolute atomic E-state index is 0.0481. The van der Waals surface area contributed by atoms with Gasteiger partial charge < -0.3 is 10.4 Å². The van der Waals surface area contributed by atoms with E-state index in [1.54, 1.807) is 32.0 Å². The normalized spacial score (nSPS) is 15.1. The summed E-state index contributed by atoms with van der Waals surface area (Å²) in [4.78, 5) is 0. The van der Waals surface area contributed by atoms with E-state index < -0.39 is 15.9 Å². The third-order valence-corrected chi connectivity index (χ3v) is 5.20. The molecule has 0 bridgehead atoms. The topological polar surface area (TPSA) is 66.4 Å². The van der Waals surface area contributed by atoms with Crippen LogP contribution >= 0.6 is 23.2 Å². The monoisotopic (exact) mass is 339 g/mol. The van der Waals surface area contributed by atoms with Crippen molar-refractivity contribution < 1.29 is 13.5 Å². The number of sulfone groups is 1. The summed E-state index contributed by atoms with van der Waals surface area (Å²) in [6.45, 7) is 3.62. The molecule has 0 amide bonds. The Hall–Kier alpha value is -0.330. The van der Waals surface area contributed by atoms with E-state index in [2.05, 4.69) is 5.32 Å². The van der Waals surface area contributed by atoms with Crippen LogP contribution in [0.25, 0.3) is 0 Å². The lowest BCUT2D eigenvalue weighted by atomic mass is 10.1. The van der Waals surface area contributed by atoms with E-state index in [9.17, 15) is 13.5 Å². The van der Waals surface area contributed by atoms with Gasteiger partial charge in [-0.1, -0.05) is 30.1 Å². The standard InChI is InChI=1S/C13H19Cl2NO3S/c1-3-20(18,19)8-9(2)16-7-13(17)10-4-11(14)6-12(15)5-10/h4-6,9,13,16-17H,3,7-8H2,1-2H3. The molecule has 2 N–H and O–H groups in total. The second-order valence-electron chi connectivity index (χ2n) is 4.73. The first-order valence-electron chi connectivity index (χ1n) is 6.31. The number of nitrogens with one attached hydrogen (secondary N) is 1. The maximum atomic E-state index is 11.5. The number of benzene rings is 1. The molecule has 0 heterocycles. The van der Waals surface area contributed by atoms with E-state index in [0.29, 0.717) is 15.6 Å². The average Bonchev–Trinajstić information content (AvgIpc) is 2.34. The molecular formula is C13H19Cl2NO3S. The number of aliphatic hydroxyl groups is 1. The number of halogens is 2. The Bertz CT molecular complexity index is 528. The second kappa shape index (κ2) is 7.61. The summed E-state index contributed by atoms with van der Waals surface area (Å²) in [5, 5.41) is 13.9. The lowest BCUT2D eigenvalue weighted by Crippen LogP contribution is -2.36. The molecule has 2 atom stereocenters. The molecule has 7 heteroatoms. The highest BCUT2D eigenvalue weighted by molar-refractivity contribution is 7.91. The molecule has 0 fully saturated rings. The fourth-order valence-corrected chi connectivity index (χ4v) is 3.41. The first kappa shape index (κ1) is 17.7. The van der Waals surface area contributed by atoms with E-state index >= 15 is 0 Å². The Labute approximate surface area is 130 Å². The maximum absolute atomic E-state index is 11.5. The lowest BCUT2D eigenvalue weighted by Gasteiger charge is -2.17. The minimum atomic E-state index is -3.03. The zero-order chi connectivity index (χ0) is 15.3. The summed E-state index contributed by atoms with van der Waals surface area (Å²) in [6.07, 6.45) is -0.794. The summed E-state index contributed by atoms with van der Waals surface area (Å²) < 4.78 is 23.0. The molecule has 0 saturated heterocycles. The van der Waals surface area contributed by atoms with Crippen molar-refractivity contribution in [3.63, 3.8) is 0 Å². The Kier molecular flexibility index (Phi) is 6.75. The van der Waals surface area contributed by atoms with Gasteiger partial charge in [-0.15, -0.1) is 0 Å². The fraction of sp³-hybridized carbons (Fsp3) is 0.538. The summed E-state index contributed by atoms with van der Waals surface area (Å²) in [6, 6.07) is 4.62. The van der Waals surface area contributed by atoms with Gasteiger partial charge in [-0.3, -0.25) is 0 Å². The van der Waals surface area contributed by atoms with Crippen molar-refractivity contribution in [2.24, 2.45) is 0 Å². The zero-order valence-corrected chi connectivity index (χ0v) is 13.8. The highest BCUT2D eigenvalue weighted by Gasteiger charge is 2.15. The van der Waals surface area contributed by atoms with Crippen molar-refractivity contribution in [1.82, 2.24) is 5.32 Å². The summed E-state index contributed by atoms with van der Waals surface area (Å²) in [7, 11) is -3.03. The van der Waals surface area contributed by atoms with Crippen LogP contribution < -0.4 is 5.32 Å². The van der Waals surface area contributed by atoms with Crippen LogP contribution in [0, 0.1) is 0 Å². The van der Waals surface area contributed by atoms with Gasteiger partial charge >= 0.3 is 0 Å². The predicted molar refractivity (Wildman–Crippen MR) is 83.2 cm³/mol. The molecule has 0 spiro atoms. The van der Waals surface area contributed by atoms with Crippen LogP contribution in [-0.4, -0.2) is 37.6 Å². The van der Waals surface area contributed by atoms with Crippen LogP contribution in [0.5, 0.6) is 0 Å². The molecule has 0 aliphatic heterocycles. The van der Waals surface area contributed by atoms with E-state index in [1.807, 2.05) is 0 Å². The Morgan fingerprint density at radius 3 is 2.30 bits per heavy atom. The van der Waals surface area contributed by atoms with Crippen molar-refractivity contribution in [3.05, 3.63) is 33.8 Å². The van der Waals surface area contributed by atoms with E-state index in [4.69, 9.17) is 23.2 Å². The quantitative estimate of drug-likeness (QED) is 0.800. The summed E-state index contributed by atoms with van der Waals surface area (Å²) in [5.41, 5.74) is 0.598. The van der Waals surface area contributed by atoms with Gasteiger partial charge in [0.05, 0.1) is 11.9 Å². The van der Waals surface area contributed by atoms with Gasteiger partial charge in [-0.25, -0.2) is 8.42 Å². The molecule has 4 nitrogen and oxygen atoms in total. The van der Waals surface area contributed by atoms with Crippen LogP contribution in [0.15, 0.2) is 18.2 Å². The Morgan fingerprint density at radius 1 is 1.25 bits per heavy atom. The number of hydrogen-bond donors (Lipinski definition) is 2. The average molecular weight is 340 g/mol. The van der Waals surface area contributed by atoms with Gasteiger partial charge in [-0.05, 0) is 30.7 Å².